The molecule has 0 bridgehead atoms. The molecule has 0 saturated carbocycles. The lowest BCUT2D eigenvalue weighted by molar-refractivity contribution is -0.148. The molecule has 164 valence electrons. The molecule has 0 spiro atoms. The number of halogens is 3. The Morgan fingerprint density at radius 1 is 1.20 bits per heavy atom. The van der Waals surface area contributed by atoms with Crippen molar-refractivity contribution >= 4 is 18.0 Å². The van der Waals surface area contributed by atoms with E-state index in [4.69, 9.17) is 9.47 Å². The maximum absolute atomic E-state index is 14.4. The molecule has 30 heavy (non-hydrogen) atoms. The van der Waals surface area contributed by atoms with Gasteiger partial charge < -0.3 is 19.1 Å². The Morgan fingerprint density at radius 3 is 2.47 bits per heavy atom. The minimum Gasteiger partial charge on any atom is -0.491 e. The molecule has 2 amide bonds. The third-order valence-corrected chi connectivity index (χ3v) is 5.17. The van der Waals surface area contributed by atoms with Crippen LogP contribution in [0.25, 0.3) is 0 Å². The number of hydrogen-bond donors (Lipinski definition) is 0. The molecule has 11 heteroatoms. The summed E-state index contributed by atoms with van der Waals surface area (Å²) >= 11 is 0. The Morgan fingerprint density at radius 2 is 1.87 bits per heavy atom. The highest BCUT2D eigenvalue weighted by molar-refractivity contribution is 5.95. The van der Waals surface area contributed by atoms with E-state index >= 15 is 0 Å². The average Bonchev–Trinajstić information content (AvgIpc) is 3.12. The van der Waals surface area contributed by atoms with Crippen molar-refractivity contribution in [3.05, 3.63) is 29.1 Å². The van der Waals surface area contributed by atoms with Gasteiger partial charge in [-0.15, -0.1) is 0 Å². The monoisotopic (exact) mass is 430 g/mol. The van der Waals surface area contributed by atoms with Crippen LogP contribution in [0.1, 0.15) is 30.1 Å². The van der Waals surface area contributed by atoms with Crippen molar-refractivity contribution in [2.45, 2.75) is 31.8 Å². The van der Waals surface area contributed by atoms with Crippen LogP contribution >= 0.6 is 0 Å². The Labute approximate surface area is 170 Å². The summed E-state index contributed by atoms with van der Waals surface area (Å²) in [5.41, 5.74) is -0.644. The molecule has 1 atom stereocenters. The van der Waals surface area contributed by atoms with Crippen LogP contribution in [0.4, 0.5) is 18.0 Å². The molecule has 1 aromatic rings. The summed E-state index contributed by atoms with van der Waals surface area (Å²) in [4.78, 5) is 39.4. The Balaban J connectivity index is 1.71. The number of rotatable bonds is 5. The van der Waals surface area contributed by atoms with Gasteiger partial charge in [0.25, 0.3) is 5.91 Å². The predicted molar refractivity (Wildman–Crippen MR) is 95.4 cm³/mol. The predicted octanol–water partition coefficient (Wildman–Crippen LogP) is 2.10. The molecule has 2 fully saturated rings. The quantitative estimate of drug-likeness (QED) is 0.526. The van der Waals surface area contributed by atoms with Crippen molar-refractivity contribution in [2.75, 3.05) is 33.4 Å². The molecule has 0 aliphatic carbocycles. The number of piperidine rings is 1. The zero-order valence-electron chi connectivity index (χ0n) is 16.5. The first kappa shape index (κ1) is 21.7. The SMILES string of the molecule is CCOC(=O)[C@@H]1COC(=O)N1C1CCN(C(=O)c2cc(F)c(F)c(OC)c2F)CC1. The van der Waals surface area contributed by atoms with Gasteiger partial charge in [-0.1, -0.05) is 0 Å². The maximum Gasteiger partial charge on any atom is 0.410 e. The standard InChI is InChI=1S/C19H21F3N2O6/c1-3-29-18(26)13-9-30-19(27)24(13)10-4-6-23(7-5-10)17(25)11-8-12(20)15(22)16(28-2)14(11)21/h8,10,13H,3-7,9H2,1-2H3/t13-/m0/s1. The largest absolute Gasteiger partial charge is 0.491 e. The molecule has 2 aliphatic heterocycles. The summed E-state index contributed by atoms with van der Waals surface area (Å²) in [6.45, 7) is 1.92. The number of benzene rings is 1. The summed E-state index contributed by atoms with van der Waals surface area (Å²) in [5.74, 6) is -6.56. The lowest BCUT2D eigenvalue weighted by Crippen LogP contribution is -2.52. The van der Waals surface area contributed by atoms with Crippen LogP contribution in [-0.2, 0) is 14.3 Å². The number of hydrogen-bond acceptors (Lipinski definition) is 6. The van der Waals surface area contributed by atoms with Gasteiger partial charge in [0, 0.05) is 19.1 Å². The number of cyclic esters (lactones) is 1. The van der Waals surface area contributed by atoms with E-state index in [1.807, 2.05) is 0 Å². The van der Waals surface area contributed by atoms with Crippen molar-refractivity contribution in [2.24, 2.45) is 0 Å². The third kappa shape index (κ3) is 3.88. The molecule has 0 unspecified atom stereocenters. The summed E-state index contributed by atoms with van der Waals surface area (Å²) in [6, 6.07) is -0.753. The first-order valence-electron chi connectivity index (χ1n) is 9.42. The van der Waals surface area contributed by atoms with E-state index in [-0.39, 0.29) is 32.3 Å². The highest BCUT2D eigenvalue weighted by atomic mass is 19.2. The van der Waals surface area contributed by atoms with Gasteiger partial charge in [0.15, 0.2) is 23.4 Å². The van der Waals surface area contributed by atoms with Crippen molar-refractivity contribution in [1.82, 2.24) is 9.80 Å². The molecule has 2 heterocycles. The number of methoxy groups -OCH3 is 1. The van der Waals surface area contributed by atoms with Gasteiger partial charge in [-0.05, 0) is 25.8 Å². The number of carbonyl (C=O) groups excluding carboxylic acids is 3. The van der Waals surface area contributed by atoms with Crippen molar-refractivity contribution in [1.29, 1.82) is 0 Å². The summed E-state index contributed by atoms with van der Waals surface area (Å²) < 4.78 is 56.2. The fraction of sp³-hybridized carbons (Fsp3) is 0.526. The van der Waals surface area contributed by atoms with Crippen LogP contribution in [0.15, 0.2) is 6.07 Å². The topological polar surface area (TPSA) is 85.4 Å². The number of nitrogens with zero attached hydrogens (tertiary/aromatic N) is 2. The first-order chi connectivity index (χ1) is 14.3. The summed E-state index contributed by atoms with van der Waals surface area (Å²) in [7, 11) is 0.968. The van der Waals surface area contributed by atoms with E-state index in [1.54, 1.807) is 6.92 Å². The first-order valence-corrected chi connectivity index (χ1v) is 9.42. The molecule has 2 saturated heterocycles. The maximum atomic E-state index is 14.4. The molecule has 2 aliphatic rings. The molecule has 8 nitrogen and oxygen atoms in total. The van der Waals surface area contributed by atoms with E-state index < -0.39 is 52.8 Å². The van der Waals surface area contributed by atoms with Crippen LogP contribution in [0.5, 0.6) is 5.75 Å². The molecule has 0 N–H and O–H groups in total. The summed E-state index contributed by atoms with van der Waals surface area (Å²) in [5, 5.41) is 0. The summed E-state index contributed by atoms with van der Waals surface area (Å²) in [6.07, 6.45) is -0.0625. The van der Waals surface area contributed by atoms with Crippen molar-refractivity contribution < 1.29 is 41.8 Å². The lowest BCUT2D eigenvalue weighted by Gasteiger charge is -2.37. The van der Waals surface area contributed by atoms with Crippen molar-refractivity contribution in [3.63, 3.8) is 0 Å². The van der Waals surface area contributed by atoms with E-state index in [9.17, 15) is 27.6 Å². The second-order valence-electron chi connectivity index (χ2n) is 6.84. The Kier molecular flexibility index (Phi) is 6.37. The van der Waals surface area contributed by atoms with Gasteiger partial charge in [-0.25, -0.2) is 18.4 Å². The van der Waals surface area contributed by atoms with Gasteiger partial charge >= 0.3 is 12.1 Å². The van der Waals surface area contributed by atoms with Crippen LogP contribution in [0, 0.1) is 17.5 Å². The smallest absolute Gasteiger partial charge is 0.410 e. The van der Waals surface area contributed by atoms with Crippen LogP contribution in [0.2, 0.25) is 0 Å². The Bertz CT molecular complexity index is 857. The number of ether oxygens (including phenoxy) is 3. The minimum atomic E-state index is -1.51. The number of carbonyl (C=O) groups is 3. The third-order valence-electron chi connectivity index (χ3n) is 5.17. The van der Waals surface area contributed by atoms with E-state index in [0.29, 0.717) is 18.9 Å². The number of amides is 2. The van der Waals surface area contributed by atoms with Crippen molar-refractivity contribution in [3.8, 4) is 5.75 Å². The van der Waals surface area contributed by atoms with Crippen LogP contribution in [0.3, 0.4) is 0 Å². The highest BCUT2D eigenvalue weighted by Gasteiger charge is 2.44. The molecule has 1 aromatic carbocycles. The highest BCUT2D eigenvalue weighted by Crippen LogP contribution is 2.30. The van der Waals surface area contributed by atoms with Crippen LogP contribution < -0.4 is 4.74 Å². The van der Waals surface area contributed by atoms with E-state index in [0.717, 1.165) is 7.11 Å². The fourth-order valence-electron chi connectivity index (χ4n) is 3.69. The van der Waals surface area contributed by atoms with E-state index in [1.165, 1.54) is 9.80 Å². The second-order valence-corrected chi connectivity index (χ2v) is 6.84. The minimum absolute atomic E-state index is 0.114. The zero-order chi connectivity index (χ0) is 22.0. The van der Waals surface area contributed by atoms with Gasteiger partial charge in [0.05, 0.1) is 19.3 Å². The average molecular weight is 430 g/mol. The second kappa shape index (κ2) is 8.80. The van der Waals surface area contributed by atoms with Gasteiger partial charge in [-0.2, -0.15) is 4.39 Å². The van der Waals surface area contributed by atoms with Gasteiger partial charge in [0.1, 0.15) is 6.61 Å². The lowest BCUT2D eigenvalue weighted by atomic mass is 10.0. The zero-order valence-corrected chi connectivity index (χ0v) is 16.5. The van der Waals surface area contributed by atoms with Gasteiger partial charge in [-0.3, -0.25) is 9.69 Å². The molecule has 0 aromatic heterocycles. The molecular weight excluding hydrogens is 409 g/mol. The van der Waals surface area contributed by atoms with Gasteiger partial charge in [0.2, 0.25) is 5.82 Å². The number of likely N-dealkylation sites (tertiary alicyclic amines) is 1. The molecule has 3 rings (SSSR count). The Hall–Kier alpha value is -2.98. The molecular formula is C19H21F3N2O6. The number of esters is 1. The van der Waals surface area contributed by atoms with E-state index in [2.05, 4.69) is 4.74 Å². The normalized spacial score (nSPS) is 19.6. The molecule has 0 radical (unpaired) electrons. The van der Waals surface area contributed by atoms with Crippen LogP contribution in [-0.4, -0.2) is 73.3 Å². The fourth-order valence-corrected chi connectivity index (χ4v) is 3.69.